The zero-order chi connectivity index (χ0) is 12.1. The van der Waals surface area contributed by atoms with E-state index in [0.717, 1.165) is 42.8 Å². The van der Waals surface area contributed by atoms with Gasteiger partial charge in [0.15, 0.2) is 5.65 Å². The summed E-state index contributed by atoms with van der Waals surface area (Å²) in [6, 6.07) is 1.97. The fraction of sp³-hybridized carbons (Fsp3) is 0.545. The predicted octanol–water partition coefficient (Wildman–Crippen LogP) is 1.01. The zero-order valence-corrected chi connectivity index (χ0v) is 9.93. The normalized spacial score (nSPS) is 10.9. The highest BCUT2D eigenvalue weighted by molar-refractivity contribution is 5.50. The van der Waals surface area contributed by atoms with Crippen LogP contribution in [0.25, 0.3) is 5.65 Å². The average Bonchev–Trinajstić information content (AvgIpc) is 2.77. The van der Waals surface area contributed by atoms with E-state index in [9.17, 15) is 0 Å². The Labute approximate surface area is 99.7 Å². The molecular formula is C11H17N5O. The van der Waals surface area contributed by atoms with Crippen LogP contribution in [-0.2, 0) is 0 Å². The van der Waals surface area contributed by atoms with E-state index in [4.69, 9.17) is 5.11 Å². The summed E-state index contributed by atoms with van der Waals surface area (Å²) in [5.74, 6) is 0.832. The van der Waals surface area contributed by atoms with E-state index in [1.54, 1.807) is 10.8 Å². The van der Waals surface area contributed by atoms with Gasteiger partial charge in [0.1, 0.15) is 12.1 Å². The van der Waals surface area contributed by atoms with Gasteiger partial charge in [-0.1, -0.05) is 0 Å². The molecule has 0 atom stereocenters. The molecule has 2 N–H and O–H groups in total. The van der Waals surface area contributed by atoms with Crippen molar-refractivity contribution in [3.8, 4) is 0 Å². The number of hydrogen-bond donors (Lipinski definition) is 2. The van der Waals surface area contributed by atoms with Gasteiger partial charge in [-0.3, -0.25) is 0 Å². The van der Waals surface area contributed by atoms with Gasteiger partial charge in [-0.05, 0) is 37.8 Å². The van der Waals surface area contributed by atoms with Crippen molar-refractivity contribution in [1.82, 2.24) is 19.8 Å². The molecule has 2 rings (SSSR count). The zero-order valence-electron chi connectivity index (χ0n) is 9.93. The summed E-state index contributed by atoms with van der Waals surface area (Å²) in [6.07, 6.45) is 4.51. The van der Waals surface area contributed by atoms with Crippen molar-refractivity contribution < 1.29 is 5.11 Å². The van der Waals surface area contributed by atoms with Crippen LogP contribution in [0.3, 0.4) is 0 Å². The summed E-state index contributed by atoms with van der Waals surface area (Å²) in [4.78, 5) is 0. The molecule has 0 radical (unpaired) electrons. The van der Waals surface area contributed by atoms with Crippen molar-refractivity contribution in [3.05, 3.63) is 18.0 Å². The quantitative estimate of drug-likeness (QED) is 0.731. The Morgan fingerprint density at radius 1 is 1.35 bits per heavy atom. The molecule has 6 nitrogen and oxygen atoms in total. The SMILES string of the molecule is Cc1cc(NCCCCCO)nn2cnnc12. The summed E-state index contributed by atoms with van der Waals surface area (Å²) in [7, 11) is 0. The van der Waals surface area contributed by atoms with Crippen LogP contribution in [0.1, 0.15) is 24.8 Å². The van der Waals surface area contributed by atoms with Crippen molar-refractivity contribution in [2.45, 2.75) is 26.2 Å². The second-order valence-electron chi connectivity index (χ2n) is 4.02. The smallest absolute Gasteiger partial charge is 0.180 e. The van der Waals surface area contributed by atoms with Crippen LogP contribution >= 0.6 is 0 Å². The van der Waals surface area contributed by atoms with E-state index in [0.29, 0.717) is 0 Å². The third-order valence-corrected chi connectivity index (χ3v) is 2.59. The van der Waals surface area contributed by atoms with Crippen LogP contribution in [0.15, 0.2) is 12.4 Å². The Bertz CT molecular complexity index is 482. The summed E-state index contributed by atoms with van der Waals surface area (Å²) < 4.78 is 1.67. The highest BCUT2D eigenvalue weighted by Gasteiger charge is 2.03. The number of nitrogens with one attached hydrogen (secondary N) is 1. The number of aliphatic hydroxyl groups is 1. The summed E-state index contributed by atoms with van der Waals surface area (Å²) in [6.45, 7) is 3.12. The Balaban J connectivity index is 1.94. The van der Waals surface area contributed by atoms with E-state index < -0.39 is 0 Å². The van der Waals surface area contributed by atoms with Gasteiger partial charge in [-0.15, -0.1) is 15.3 Å². The first-order valence-corrected chi connectivity index (χ1v) is 5.83. The van der Waals surface area contributed by atoms with Crippen molar-refractivity contribution in [2.24, 2.45) is 0 Å². The number of rotatable bonds is 6. The van der Waals surface area contributed by atoms with E-state index in [1.165, 1.54) is 0 Å². The Kier molecular flexibility index (Phi) is 3.87. The van der Waals surface area contributed by atoms with E-state index in [-0.39, 0.29) is 6.61 Å². The van der Waals surface area contributed by atoms with E-state index in [1.807, 2.05) is 13.0 Å². The molecule has 0 unspecified atom stereocenters. The van der Waals surface area contributed by atoms with Crippen LogP contribution in [-0.4, -0.2) is 38.1 Å². The molecule has 0 amide bonds. The Hall–Kier alpha value is -1.69. The number of aryl methyl sites for hydroxylation is 1. The molecule has 6 heteroatoms. The third-order valence-electron chi connectivity index (χ3n) is 2.59. The Morgan fingerprint density at radius 2 is 2.24 bits per heavy atom. The van der Waals surface area contributed by atoms with Crippen molar-refractivity contribution >= 4 is 11.5 Å². The maximum absolute atomic E-state index is 8.66. The standard InChI is InChI=1S/C11H17N5O/c1-9-7-10(12-5-3-2-4-6-17)15-16-8-13-14-11(9)16/h7-8,17H,2-6H2,1H3,(H,12,15). The number of anilines is 1. The number of aliphatic hydroxyl groups excluding tert-OH is 1. The minimum absolute atomic E-state index is 0.268. The number of aromatic nitrogens is 4. The predicted molar refractivity (Wildman–Crippen MR) is 64.9 cm³/mol. The molecule has 2 aromatic rings. The molecule has 0 aliphatic heterocycles. The first-order chi connectivity index (χ1) is 8.31. The van der Waals surface area contributed by atoms with Gasteiger partial charge in [0.2, 0.25) is 0 Å². The fourth-order valence-electron chi connectivity index (χ4n) is 1.69. The molecule has 2 aromatic heterocycles. The second-order valence-corrected chi connectivity index (χ2v) is 4.02. The third kappa shape index (κ3) is 2.91. The van der Waals surface area contributed by atoms with Crippen molar-refractivity contribution in [3.63, 3.8) is 0 Å². The van der Waals surface area contributed by atoms with Gasteiger partial charge in [-0.2, -0.15) is 4.52 Å². The van der Waals surface area contributed by atoms with Crippen LogP contribution in [0, 0.1) is 6.92 Å². The highest BCUT2D eigenvalue weighted by Crippen LogP contribution is 2.10. The van der Waals surface area contributed by atoms with Gasteiger partial charge in [0, 0.05) is 13.2 Å². The highest BCUT2D eigenvalue weighted by atomic mass is 16.2. The van der Waals surface area contributed by atoms with Crippen molar-refractivity contribution in [2.75, 3.05) is 18.5 Å². The van der Waals surface area contributed by atoms with Gasteiger partial charge in [0.25, 0.3) is 0 Å². The van der Waals surface area contributed by atoms with Crippen LogP contribution in [0.4, 0.5) is 5.82 Å². The summed E-state index contributed by atoms with van der Waals surface area (Å²) in [5, 5.41) is 24.1. The van der Waals surface area contributed by atoms with E-state index >= 15 is 0 Å². The molecule has 0 aliphatic carbocycles. The average molecular weight is 235 g/mol. The molecule has 0 fully saturated rings. The van der Waals surface area contributed by atoms with E-state index in [2.05, 4.69) is 20.6 Å². The van der Waals surface area contributed by atoms with Gasteiger partial charge in [-0.25, -0.2) is 0 Å². The lowest BCUT2D eigenvalue weighted by atomic mass is 10.2. The summed E-state index contributed by atoms with van der Waals surface area (Å²) >= 11 is 0. The maximum Gasteiger partial charge on any atom is 0.180 e. The molecule has 0 bridgehead atoms. The molecular weight excluding hydrogens is 218 g/mol. The minimum atomic E-state index is 0.268. The van der Waals surface area contributed by atoms with Crippen LogP contribution in [0.5, 0.6) is 0 Å². The Morgan fingerprint density at radius 3 is 3.06 bits per heavy atom. The lowest BCUT2D eigenvalue weighted by molar-refractivity contribution is 0.283. The van der Waals surface area contributed by atoms with Crippen LogP contribution < -0.4 is 5.32 Å². The molecule has 17 heavy (non-hydrogen) atoms. The molecule has 0 saturated carbocycles. The first kappa shape index (κ1) is 11.8. The maximum atomic E-state index is 8.66. The summed E-state index contributed by atoms with van der Waals surface area (Å²) in [5.41, 5.74) is 1.84. The van der Waals surface area contributed by atoms with Gasteiger partial charge < -0.3 is 10.4 Å². The molecule has 0 saturated heterocycles. The topological polar surface area (TPSA) is 75.3 Å². The van der Waals surface area contributed by atoms with Gasteiger partial charge in [0.05, 0.1) is 0 Å². The number of fused-ring (bicyclic) bond motifs is 1. The number of nitrogens with zero attached hydrogens (tertiary/aromatic N) is 4. The molecule has 2 heterocycles. The lowest BCUT2D eigenvalue weighted by Crippen LogP contribution is -2.06. The molecule has 0 aliphatic rings. The number of hydrogen-bond acceptors (Lipinski definition) is 5. The first-order valence-electron chi connectivity index (χ1n) is 5.83. The van der Waals surface area contributed by atoms with Crippen LogP contribution in [0.2, 0.25) is 0 Å². The fourth-order valence-corrected chi connectivity index (χ4v) is 1.69. The molecule has 92 valence electrons. The van der Waals surface area contributed by atoms with Crippen molar-refractivity contribution in [1.29, 1.82) is 0 Å². The molecule has 0 aromatic carbocycles. The molecule has 0 spiro atoms. The second kappa shape index (κ2) is 5.58. The number of unbranched alkanes of at least 4 members (excludes halogenated alkanes) is 2. The van der Waals surface area contributed by atoms with Gasteiger partial charge >= 0.3 is 0 Å². The largest absolute Gasteiger partial charge is 0.396 e. The monoisotopic (exact) mass is 235 g/mol. The lowest BCUT2D eigenvalue weighted by Gasteiger charge is -2.06. The minimum Gasteiger partial charge on any atom is -0.396 e.